The van der Waals surface area contributed by atoms with Gasteiger partial charge in [-0.25, -0.2) is 0 Å². The Balaban J connectivity index is 0.000000335. The zero-order chi connectivity index (χ0) is 16.5. The van der Waals surface area contributed by atoms with E-state index in [0.29, 0.717) is 18.4 Å². The highest BCUT2D eigenvalue weighted by Gasteiger charge is 2.29. The Bertz CT molecular complexity index is 539. The molecule has 1 aliphatic rings. The van der Waals surface area contributed by atoms with Crippen molar-refractivity contribution >= 4 is 16.6 Å². The lowest BCUT2D eigenvalue weighted by Gasteiger charge is -1.95. The molecule has 21 heavy (non-hydrogen) atoms. The Hall–Kier alpha value is -1.70. The fourth-order valence-corrected chi connectivity index (χ4v) is 1.70. The number of ether oxygens (including phenoxy) is 1. The van der Waals surface area contributed by atoms with Gasteiger partial charge in [0.25, 0.3) is 16.6 Å². The van der Waals surface area contributed by atoms with Gasteiger partial charge in [0.05, 0.1) is 12.0 Å². The number of carbonyl (C=O) groups is 1. The molecule has 118 valence electrons. The molecule has 7 heteroatoms. The zero-order valence-corrected chi connectivity index (χ0v) is 12.9. The number of nitrogens with two attached hydrogens (primary N) is 1. The average molecular weight is 315 g/mol. The van der Waals surface area contributed by atoms with Crippen LogP contribution in [-0.2, 0) is 19.6 Å². The molecule has 0 heterocycles. The Morgan fingerprint density at radius 3 is 2.00 bits per heavy atom. The lowest BCUT2D eigenvalue weighted by Crippen LogP contribution is -1.99. The average Bonchev–Trinajstić information content (AvgIpc) is 3.15. The number of aryl methyl sites for hydroxylation is 1. The second kappa shape index (κ2) is 9.28. The van der Waals surface area contributed by atoms with Gasteiger partial charge in [0.1, 0.15) is 0 Å². The Kier molecular flexibility index (Phi) is 8.52. The van der Waals surface area contributed by atoms with E-state index in [1.807, 2.05) is 13.0 Å². The Labute approximate surface area is 125 Å². The first-order valence-electron chi connectivity index (χ1n) is 6.15. The van der Waals surface area contributed by atoms with Crippen LogP contribution in [0.5, 0.6) is 0 Å². The maximum Gasteiger partial charge on any atom is 0.294 e. The highest BCUT2D eigenvalue weighted by atomic mass is 32.2. The van der Waals surface area contributed by atoms with Crippen LogP contribution >= 0.6 is 0 Å². The summed E-state index contributed by atoms with van der Waals surface area (Å²) >= 11 is 0. The normalized spacial score (nSPS) is 19.0. The van der Waals surface area contributed by atoms with Crippen LogP contribution < -0.4 is 5.73 Å². The predicted octanol–water partition coefficient (Wildman–Crippen LogP) is 1.55. The quantitative estimate of drug-likeness (QED) is 0.498. The first-order chi connectivity index (χ1) is 9.76. The summed E-state index contributed by atoms with van der Waals surface area (Å²) in [6.45, 7) is 5.81. The topological polar surface area (TPSA) is 107 Å². The van der Waals surface area contributed by atoms with Gasteiger partial charge < -0.3 is 10.5 Å². The van der Waals surface area contributed by atoms with Crippen LogP contribution in [-0.4, -0.2) is 32.6 Å². The molecule has 0 saturated heterocycles. The minimum absolute atomic E-state index is 0.0666. The molecule has 0 aliphatic heterocycles. The molecule has 1 aromatic rings. The summed E-state index contributed by atoms with van der Waals surface area (Å²) in [4.78, 5) is 8.88. The molecule has 0 aromatic heterocycles. The molecule has 1 fully saturated rings. The van der Waals surface area contributed by atoms with Gasteiger partial charge in [0, 0.05) is 6.04 Å². The summed E-state index contributed by atoms with van der Waals surface area (Å²) in [5.41, 5.74) is 6.36. The highest BCUT2D eigenvalue weighted by molar-refractivity contribution is 7.85. The number of carbonyl (C=O) groups excluding carboxylic acids is 1. The summed E-state index contributed by atoms with van der Waals surface area (Å²) in [5.74, 6) is 0.644. The lowest BCUT2D eigenvalue weighted by molar-refractivity contribution is -0.126. The van der Waals surface area contributed by atoms with Crippen LogP contribution in [0.3, 0.4) is 0 Å². The first kappa shape index (κ1) is 19.3. The van der Waals surface area contributed by atoms with Crippen LogP contribution in [0.1, 0.15) is 12.0 Å². The van der Waals surface area contributed by atoms with Crippen molar-refractivity contribution in [3.05, 3.63) is 42.5 Å². The van der Waals surface area contributed by atoms with E-state index in [1.165, 1.54) is 19.2 Å². The monoisotopic (exact) mass is 315 g/mol. The fourth-order valence-electron chi connectivity index (χ4n) is 1.22. The molecular weight excluding hydrogens is 294 g/mol. The maximum absolute atomic E-state index is 10.5. The standard InChI is InChI=1S/C7H8O3S.C5H9N.C2H4O2/c1-6-2-4-7(5-3-6)11(8,9)10;1-2-4-3-5(4)6;1-4-2-3/h2-5H,1H3,(H,8,9,10);2,4-5H,1,3,6H2;2H,1H3. The van der Waals surface area contributed by atoms with Crippen molar-refractivity contribution in [3.63, 3.8) is 0 Å². The number of hydrogen-bond acceptors (Lipinski definition) is 5. The molecule has 1 aliphatic carbocycles. The van der Waals surface area contributed by atoms with Gasteiger partial charge in [-0.2, -0.15) is 8.42 Å². The molecule has 3 N–H and O–H groups in total. The largest absolute Gasteiger partial charge is 0.471 e. The van der Waals surface area contributed by atoms with Crippen molar-refractivity contribution in [2.75, 3.05) is 7.11 Å². The van der Waals surface area contributed by atoms with Gasteiger partial charge in [-0.15, -0.1) is 6.58 Å². The van der Waals surface area contributed by atoms with E-state index < -0.39 is 10.1 Å². The molecule has 1 saturated carbocycles. The van der Waals surface area contributed by atoms with Gasteiger partial charge in [0.15, 0.2) is 0 Å². The summed E-state index contributed by atoms with van der Waals surface area (Å²) in [5, 5.41) is 0. The summed E-state index contributed by atoms with van der Waals surface area (Å²) < 4.78 is 33.4. The van der Waals surface area contributed by atoms with Crippen LogP contribution in [0.4, 0.5) is 0 Å². The molecular formula is C14H21NO5S. The molecule has 0 bridgehead atoms. The van der Waals surface area contributed by atoms with Crippen molar-refractivity contribution in [3.8, 4) is 0 Å². The Morgan fingerprint density at radius 2 is 1.81 bits per heavy atom. The smallest absolute Gasteiger partial charge is 0.294 e. The second-order valence-corrected chi connectivity index (χ2v) is 5.84. The van der Waals surface area contributed by atoms with E-state index in [0.717, 1.165) is 12.0 Å². The number of hydrogen-bond donors (Lipinski definition) is 2. The van der Waals surface area contributed by atoms with E-state index >= 15 is 0 Å². The number of methoxy groups -OCH3 is 1. The summed E-state index contributed by atoms with van der Waals surface area (Å²) in [6.07, 6.45) is 3.08. The molecule has 2 rings (SSSR count). The zero-order valence-electron chi connectivity index (χ0n) is 12.1. The van der Waals surface area contributed by atoms with E-state index in [9.17, 15) is 8.42 Å². The SMILES string of the molecule is C=CC1CC1N.COC=O.Cc1ccc(S(=O)(=O)O)cc1. The fraction of sp³-hybridized carbons (Fsp3) is 0.357. The van der Waals surface area contributed by atoms with Crippen molar-refractivity contribution < 1.29 is 22.5 Å². The van der Waals surface area contributed by atoms with Crippen molar-refractivity contribution in [1.29, 1.82) is 0 Å². The third-order valence-corrected chi connectivity index (χ3v) is 3.48. The van der Waals surface area contributed by atoms with Gasteiger partial charge in [-0.05, 0) is 31.4 Å². The highest BCUT2D eigenvalue weighted by Crippen LogP contribution is 2.27. The molecule has 0 spiro atoms. The third kappa shape index (κ3) is 8.96. The summed E-state index contributed by atoms with van der Waals surface area (Å²) in [7, 11) is -2.71. The molecule has 6 nitrogen and oxygen atoms in total. The van der Waals surface area contributed by atoms with E-state index in [4.69, 9.17) is 15.1 Å². The van der Waals surface area contributed by atoms with Gasteiger partial charge in [-0.3, -0.25) is 9.35 Å². The third-order valence-electron chi connectivity index (χ3n) is 2.61. The predicted molar refractivity (Wildman–Crippen MR) is 80.3 cm³/mol. The molecule has 0 amide bonds. The van der Waals surface area contributed by atoms with Crippen LogP contribution in [0, 0.1) is 12.8 Å². The first-order valence-corrected chi connectivity index (χ1v) is 7.59. The van der Waals surface area contributed by atoms with Crippen molar-refractivity contribution in [2.24, 2.45) is 11.7 Å². The maximum atomic E-state index is 10.5. The van der Waals surface area contributed by atoms with Gasteiger partial charge in [0.2, 0.25) is 0 Å². The van der Waals surface area contributed by atoms with Gasteiger partial charge in [-0.1, -0.05) is 23.8 Å². The van der Waals surface area contributed by atoms with Crippen molar-refractivity contribution in [1.82, 2.24) is 0 Å². The minimum atomic E-state index is -4.02. The molecule has 2 atom stereocenters. The van der Waals surface area contributed by atoms with Crippen molar-refractivity contribution in [2.45, 2.75) is 24.3 Å². The van der Waals surface area contributed by atoms with Crippen LogP contribution in [0.15, 0.2) is 41.8 Å². The van der Waals surface area contributed by atoms with E-state index in [2.05, 4.69) is 11.3 Å². The minimum Gasteiger partial charge on any atom is -0.471 e. The number of benzene rings is 1. The van der Waals surface area contributed by atoms with E-state index in [-0.39, 0.29) is 4.90 Å². The second-order valence-electron chi connectivity index (χ2n) is 4.42. The lowest BCUT2D eigenvalue weighted by atomic mass is 10.2. The van der Waals surface area contributed by atoms with Gasteiger partial charge >= 0.3 is 0 Å². The number of rotatable bonds is 3. The Morgan fingerprint density at radius 1 is 1.38 bits per heavy atom. The molecule has 1 aromatic carbocycles. The summed E-state index contributed by atoms with van der Waals surface area (Å²) in [6, 6.07) is 6.43. The van der Waals surface area contributed by atoms with Crippen LogP contribution in [0.25, 0.3) is 0 Å². The molecule has 2 unspecified atom stereocenters. The van der Waals surface area contributed by atoms with Crippen LogP contribution in [0.2, 0.25) is 0 Å². The molecule has 0 radical (unpaired) electrons. The van der Waals surface area contributed by atoms with E-state index in [1.54, 1.807) is 12.1 Å².